The van der Waals surface area contributed by atoms with E-state index in [4.69, 9.17) is 10.9 Å². The van der Waals surface area contributed by atoms with E-state index in [0.29, 0.717) is 0 Å². The first-order valence-electron chi connectivity index (χ1n) is 6.82. The number of halogens is 2. The lowest BCUT2D eigenvalue weighted by molar-refractivity contribution is 0.252. The third-order valence-electron chi connectivity index (χ3n) is 4.01. The molecule has 0 spiro atoms. The number of likely N-dealkylation sites (tertiary alicyclic amines) is 1. The molecule has 0 bridgehead atoms. The van der Waals surface area contributed by atoms with Gasteiger partial charge in [0, 0.05) is 18.7 Å². The molecule has 3 N–H and O–H groups in total. The normalized spacial score (nSPS) is 18.0. The van der Waals surface area contributed by atoms with Crippen LogP contribution in [0.25, 0.3) is 0 Å². The highest BCUT2D eigenvalue weighted by atomic mass is 19.1. The van der Waals surface area contributed by atoms with Gasteiger partial charge in [-0.3, -0.25) is 0 Å². The van der Waals surface area contributed by atoms with Crippen molar-refractivity contribution >= 4 is 11.5 Å². The summed E-state index contributed by atoms with van der Waals surface area (Å²) >= 11 is 0. The summed E-state index contributed by atoms with van der Waals surface area (Å²) in [6, 6.07) is 2.26. The van der Waals surface area contributed by atoms with E-state index in [1.807, 2.05) is 7.05 Å². The van der Waals surface area contributed by atoms with Gasteiger partial charge < -0.3 is 20.7 Å². The van der Waals surface area contributed by atoms with E-state index in [0.717, 1.165) is 38.1 Å². The molecule has 1 aliphatic rings. The number of anilines is 1. The third kappa shape index (κ3) is 3.24. The molecule has 1 fully saturated rings. The molecular formula is C14H20F2N4O. The molecule has 0 amide bonds. The Morgan fingerprint density at radius 1 is 1.33 bits per heavy atom. The van der Waals surface area contributed by atoms with Crippen LogP contribution in [-0.2, 0) is 0 Å². The molecule has 0 unspecified atom stereocenters. The Balaban J connectivity index is 2.27. The van der Waals surface area contributed by atoms with Gasteiger partial charge in [-0.25, -0.2) is 8.78 Å². The largest absolute Gasteiger partial charge is 0.409 e. The lowest BCUT2D eigenvalue weighted by atomic mass is 10.0. The topological polar surface area (TPSA) is 65.1 Å². The third-order valence-corrected chi connectivity index (χ3v) is 4.01. The van der Waals surface area contributed by atoms with Gasteiger partial charge in [0.25, 0.3) is 0 Å². The molecule has 21 heavy (non-hydrogen) atoms. The molecular weight excluding hydrogens is 278 g/mol. The second-order valence-corrected chi connectivity index (χ2v) is 5.42. The second-order valence-electron chi connectivity index (χ2n) is 5.42. The zero-order chi connectivity index (χ0) is 15.6. The van der Waals surface area contributed by atoms with Crippen LogP contribution in [0.5, 0.6) is 0 Å². The number of nitrogens with zero attached hydrogens (tertiary/aromatic N) is 3. The van der Waals surface area contributed by atoms with Crippen LogP contribution in [0.2, 0.25) is 0 Å². The van der Waals surface area contributed by atoms with E-state index < -0.39 is 11.6 Å². The molecule has 1 aromatic rings. The minimum Gasteiger partial charge on any atom is -0.409 e. The van der Waals surface area contributed by atoms with Crippen molar-refractivity contribution in [2.45, 2.75) is 18.9 Å². The number of hydrogen-bond donors (Lipinski definition) is 2. The molecule has 0 aromatic heterocycles. The second kappa shape index (κ2) is 6.26. The standard InChI is InChI=1S/C14H20F2N4O/c1-19-5-3-10(4-6-19)20(2)13-11(15)7-9(8-12(13)16)14(17)18-21/h7-8,10,21H,3-6H2,1-2H3,(H2,17,18). The van der Waals surface area contributed by atoms with Crippen molar-refractivity contribution in [3.63, 3.8) is 0 Å². The average Bonchev–Trinajstić information content (AvgIpc) is 2.46. The van der Waals surface area contributed by atoms with Crippen LogP contribution in [0, 0.1) is 11.6 Å². The number of oxime groups is 1. The predicted octanol–water partition coefficient (Wildman–Crippen LogP) is 1.59. The Morgan fingerprint density at radius 3 is 2.33 bits per heavy atom. The maximum absolute atomic E-state index is 14.2. The van der Waals surface area contributed by atoms with Gasteiger partial charge in [-0.05, 0) is 45.1 Å². The van der Waals surface area contributed by atoms with Gasteiger partial charge in [0.15, 0.2) is 5.84 Å². The zero-order valence-corrected chi connectivity index (χ0v) is 12.2. The summed E-state index contributed by atoms with van der Waals surface area (Å²) in [5.74, 6) is -1.74. The van der Waals surface area contributed by atoms with Crippen LogP contribution in [0.1, 0.15) is 18.4 Å². The van der Waals surface area contributed by atoms with Gasteiger partial charge in [-0.2, -0.15) is 0 Å². The summed E-state index contributed by atoms with van der Waals surface area (Å²) in [5.41, 5.74) is 5.31. The Bertz CT molecular complexity index is 519. The highest BCUT2D eigenvalue weighted by molar-refractivity contribution is 5.97. The summed E-state index contributed by atoms with van der Waals surface area (Å²) in [6.45, 7) is 1.81. The van der Waals surface area contributed by atoms with Crippen LogP contribution in [-0.4, -0.2) is 49.2 Å². The average molecular weight is 298 g/mol. The number of amidine groups is 1. The van der Waals surface area contributed by atoms with Crippen molar-refractivity contribution in [1.29, 1.82) is 0 Å². The zero-order valence-electron chi connectivity index (χ0n) is 12.2. The summed E-state index contributed by atoms with van der Waals surface area (Å²) in [6.07, 6.45) is 1.71. The SMILES string of the molecule is CN1CCC(N(C)c2c(F)cc(C(N)=NO)cc2F)CC1. The van der Waals surface area contributed by atoms with Gasteiger partial charge in [0.05, 0.1) is 0 Å². The van der Waals surface area contributed by atoms with Crippen LogP contribution in [0.3, 0.4) is 0 Å². The van der Waals surface area contributed by atoms with E-state index in [1.54, 1.807) is 11.9 Å². The van der Waals surface area contributed by atoms with Gasteiger partial charge in [0.1, 0.15) is 17.3 Å². The van der Waals surface area contributed by atoms with E-state index in [9.17, 15) is 8.78 Å². The van der Waals surface area contributed by atoms with Crippen molar-refractivity contribution in [3.05, 3.63) is 29.3 Å². The monoisotopic (exact) mass is 298 g/mol. The predicted molar refractivity (Wildman–Crippen MR) is 77.8 cm³/mol. The summed E-state index contributed by atoms with van der Waals surface area (Å²) in [5, 5.41) is 11.3. The minimum atomic E-state index is -0.710. The molecule has 7 heteroatoms. The number of hydrogen-bond acceptors (Lipinski definition) is 4. The summed E-state index contributed by atoms with van der Waals surface area (Å²) < 4.78 is 28.4. The maximum Gasteiger partial charge on any atom is 0.170 e. The molecule has 1 saturated heterocycles. The molecule has 0 atom stereocenters. The molecule has 1 heterocycles. The first kappa shape index (κ1) is 15.5. The lowest BCUT2D eigenvalue weighted by Gasteiger charge is -2.36. The Hall–Kier alpha value is -1.89. The van der Waals surface area contributed by atoms with Crippen molar-refractivity contribution in [2.75, 3.05) is 32.1 Å². The highest BCUT2D eigenvalue weighted by Crippen LogP contribution is 2.28. The molecule has 1 aliphatic heterocycles. The Labute approximate surface area is 122 Å². The smallest absolute Gasteiger partial charge is 0.170 e. The fraction of sp³-hybridized carbons (Fsp3) is 0.500. The van der Waals surface area contributed by atoms with E-state index in [1.165, 1.54) is 0 Å². The van der Waals surface area contributed by atoms with Crippen LogP contribution in [0.15, 0.2) is 17.3 Å². The molecule has 5 nitrogen and oxygen atoms in total. The molecule has 1 aromatic carbocycles. The molecule has 0 saturated carbocycles. The fourth-order valence-corrected chi connectivity index (χ4v) is 2.67. The van der Waals surface area contributed by atoms with Crippen LogP contribution >= 0.6 is 0 Å². The van der Waals surface area contributed by atoms with Gasteiger partial charge in [0.2, 0.25) is 0 Å². The van der Waals surface area contributed by atoms with Crippen LogP contribution in [0.4, 0.5) is 14.5 Å². The molecule has 116 valence electrons. The number of nitrogens with two attached hydrogens (primary N) is 1. The Kier molecular flexibility index (Phi) is 4.62. The van der Waals surface area contributed by atoms with Gasteiger partial charge in [-0.1, -0.05) is 5.16 Å². The summed E-state index contributed by atoms with van der Waals surface area (Å²) in [7, 11) is 3.73. The molecule has 0 aliphatic carbocycles. The quantitative estimate of drug-likeness (QED) is 0.385. The fourth-order valence-electron chi connectivity index (χ4n) is 2.67. The number of piperidine rings is 1. The number of benzene rings is 1. The molecule has 0 radical (unpaired) electrons. The van der Waals surface area contributed by atoms with Crippen molar-refractivity contribution in [1.82, 2.24) is 4.90 Å². The Morgan fingerprint density at radius 2 is 1.86 bits per heavy atom. The van der Waals surface area contributed by atoms with E-state index in [2.05, 4.69) is 10.1 Å². The molecule has 2 rings (SSSR count). The van der Waals surface area contributed by atoms with E-state index in [-0.39, 0.29) is 23.1 Å². The highest BCUT2D eigenvalue weighted by Gasteiger charge is 2.25. The summed E-state index contributed by atoms with van der Waals surface area (Å²) in [4.78, 5) is 3.84. The van der Waals surface area contributed by atoms with E-state index >= 15 is 0 Å². The minimum absolute atomic E-state index is 0.0213. The van der Waals surface area contributed by atoms with Crippen molar-refractivity contribution < 1.29 is 14.0 Å². The van der Waals surface area contributed by atoms with Gasteiger partial charge >= 0.3 is 0 Å². The van der Waals surface area contributed by atoms with Crippen molar-refractivity contribution in [3.8, 4) is 0 Å². The number of rotatable bonds is 3. The maximum atomic E-state index is 14.2. The first-order chi connectivity index (χ1) is 9.93. The van der Waals surface area contributed by atoms with Crippen LogP contribution < -0.4 is 10.6 Å². The van der Waals surface area contributed by atoms with Crippen molar-refractivity contribution in [2.24, 2.45) is 10.9 Å². The first-order valence-corrected chi connectivity index (χ1v) is 6.82. The lowest BCUT2D eigenvalue weighted by Crippen LogP contribution is -2.42. The van der Waals surface area contributed by atoms with Gasteiger partial charge in [-0.15, -0.1) is 0 Å².